The molecule has 0 aliphatic rings. The van der Waals surface area contributed by atoms with Crippen LogP contribution in [-0.2, 0) is 0 Å². The molecule has 1 rings (SSSR count). The fraction of sp³-hybridized carbons (Fsp3) is 0.250. The molecule has 0 spiro atoms. The summed E-state index contributed by atoms with van der Waals surface area (Å²) in [5, 5.41) is 8.40. The highest BCUT2D eigenvalue weighted by atomic mass is 35.5. The minimum atomic E-state index is -2.88. The summed E-state index contributed by atoms with van der Waals surface area (Å²) in [5.74, 6) is -0.688. The van der Waals surface area contributed by atoms with E-state index in [0.717, 1.165) is 6.20 Å². The van der Waals surface area contributed by atoms with E-state index in [1.165, 1.54) is 6.92 Å². The van der Waals surface area contributed by atoms with Crippen molar-refractivity contribution in [3.63, 3.8) is 0 Å². The minimum absolute atomic E-state index is 0.00954. The molecule has 0 bridgehead atoms. The number of hydrogen-bond acceptors (Lipinski definition) is 3. The number of nitrogens with zero attached hydrogens (tertiary/aromatic N) is 1. The van der Waals surface area contributed by atoms with E-state index < -0.39 is 23.1 Å². The van der Waals surface area contributed by atoms with Crippen LogP contribution < -0.4 is 0 Å². The quantitative estimate of drug-likeness (QED) is 0.781. The lowest BCUT2D eigenvalue weighted by Crippen LogP contribution is -2.00. The van der Waals surface area contributed by atoms with E-state index in [1.54, 1.807) is 0 Å². The second-order valence-corrected chi connectivity index (χ2v) is 2.95. The number of pyridine rings is 1. The Morgan fingerprint density at radius 2 is 2.21 bits per heavy atom. The smallest absolute Gasteiger partial charge is 0.284 e. The highest BCUT2D eigenvalue weighted by Gasteiger charge is 2.20. The van der Waals surface area contributed by atoms with E-state index in [4.69, 9.17) is 11.6 Å². The Morgan fingerprint density at radius 1 is 1.64 bits per heavy atom. The Hall–Kier alpha value is -1.23. The van der Waals surface area contributed by atoms with Crippen molar-refractivity contribution in [3.8, 4) is 5.75 Å². The molecule has 0 fully saturated rings. The highest BCUT2D eigenvalue weighted by Crippen LogP contribution is 2.30. The first-order valence-electron chi connectivity index (χ1n) is 3.61. The van der Waals surface area contributed by atoms with Gasteiger partial charge in [-0.3, -0.25) is 9.78 Å². The number of carbonyl (C=O) groups excluding carboxylic acids is 1. The number of aromatic hydroxyl groups is 1. The molecule has 1 aromatic heterocycles. The maximum atomic E-state index is 12.2. The van der Waals surface area contributed by atoms with Gasteiger partial charge in [0.2, 0.25) is 0 Å². The molecule has 0 aliphatic carbocycles. The molecular formula is C8H6ClF2NO2. The van der Waals surface area contributed by atoms with Crippen molar-refractivity contribution in [1.29, 1.82) is 0 Å². The molecule has 14 heavy (non-hydrogen) atoms. The number of rotatable bonds is 2. The first-order chi connectivity index (χ1) is 6.45. The van der Waals surface area contributed by atoms with Crippen molar-refractivity contribution >= 4 is 16.8 Å². The zero-order valence-corrected chi connectivity index (χ0v) is 7.85. The average Bonchev–Trinajstić information content (AvgIpc) is 2.08. The Morgan fingerprint density at radius 3 is 2.64 bits per heavy atom. The minimum Gasteiger partial charge on any atom is -0.506 e. The molecule has 1 N–H and O–H groups in total. The van der Waals surface area contributed by atoms with Gasteiger partial charge in [0.15, 0.2) is 0 Å². The second kappa shape index (κ2) is 3.88. The van der Waals surface area contributed by atoms with Crippen LogP contribution in [0.25, 0.3) is 0 Å². The van der Waals surface area contributed by atoms with Crippen LogP contribution in [0, 0.1) is 6.92 Å². The molecule has 0 saturated carbocycles. The second-order valence-electron chi connectivity index (χ2n) is 2.61. The van der Waals surface area contributed by atoms with Crippen molar-refractivity contribution < 1.29 is 18.7 Å². The van der Waals surface area contributed by atoms with Crippen molar-refractivity contribution in [3.05, 3.63) is 23.0 Å². The van der Waals surface area contributed by atoms with Crippen molar-refractivity contribution in [2.75, 3.05) is 0 Å². The van der Waals surface area contributed by atoms with Crippen LogP contribution in [0.1, 0.15) is 28.0 Å². The van der Waals surface area contributed by atoms with E-state index in [2.05, 4.69) is 4.98 Å². The van der Waals surface area contributed by atoms with Crippen LogP contribution >= 0.6 is 11.6 Å². The van der Waals surface area contributed by atoms with Gasteiger partial charge in [-0.15, -0.1) is 0 Å². The molecule has 1 aromatic rings. The van der Waals surface area contributed by atoms with E-state index >= 15 is 0 Å². The van der Waals surface area contributed by atoms with Crippen LogP contribution in [0.2, 0.25) is 0 Å². The highest BCUT2D eigenvalue weighted by molar-refractivity contribution is 6.67. The summed E-state index contributed by atoms with van der Waals surface area (Å²) in [7, 11) is 0. The van der Waals surface area contributed by atoms with Gasteiger partial charge < -0.3 is 5.11 Å². The number of aromatic nitrogens is 1. The van der Waals surface area contributed by atoms with E-state index in [9.17, 15) is 18.7 Å². The maximum Gasteiger partial charge on any atom is 0.284 e. The third-order valence-electron chi connectivity index (χ3n) is 1.75. The van der Waals surface area contributed by atoms with Gasteiger partial charge in [-0.2, -0.15) is 0 Å². The van der Waals surface area contributed by atoms with Gasteiger partial charge in [-0.25, -0.2) is 8.78 Å². The molecule has 0 amide bonds. The molecule has 6 heteroatoms. The molecule has 0 atom stereocenters. The van der Waals surface area contributed by atoms with Crippen LogP contribution in [0.3, 0.4) is 0 Å². The van der Waals surface area contributed by atoms with Gasteiger partial charge in [0.05, 0.1) is 5.56 Å². The number of hydrogen-bond donors (Lipinski definition) is 1. The summed E-state index contributed by atoms with van der Waals surface area (Å²) in [6, 6.07) is 0. The molecule has 0 aromatic carbocycles. The van der Waals surface area contributed by atoms with Crippen LogP contribution in [0.15, 0.2) is 6.20 Å². The third kappa shape index (κ3) is 1.82. The summed E-state index contributed by atoms with van der Waals surface area (Å²) in [4.78, 5) is 14.0. The third-order valence-corrected chi connectivity index (χ3v) is 1.96. The fourth-order valence-corrected chi connectivity index (χ4v) is 1.16. The molecule has 0 radical (unpaired) electrons. The molecule has 0 saturated heterocycles. The predicted molar refractivity (Wildman–Crippen MR) is 45.8 cm³/mol. The Balaban J connectivity index is 3.33. The van der Waals surface area contributed by atoms with Gasteiger partial charge >= 0.3 is 0 Å². The Kier molecular flexibility index (Phi) is 3.00. The predicted octanol–water partition coefficient (Wildman–Crippen LogP) is 2.41. The monoisotopic (exact) mass is 221 g/mol. The SMILES string of the molecule is Cc1c(C(=O)Cl)cnc(C(F)F)c1O. The largest absolute Gasteiger partial charge is 0.506 e. The Bertz CT molecular complexity index is 382. The molecule has 3 nitrogen and oxygen atoms in total. The number of halogens is 3. The first-order valence-corrected chi connectivity index (χ1v) is 3.99. The Labute approximate surface area is 83.3 Å². The van der Waals surface area contributed by atoms with E-state index in [1.807, 2.05) is 0 Å². The van der Waals surface area contributed by atoms with Crippen molar-refractivity contribution in [2.45, 2.75) is 13.3 Å². The lowest BCUT2D eigenvalue weighted by molar-refractivity contribution is 0.107. The van der Waals surface area contributed by atoms with Gasteiger partial charge in [-0.05, 0) is 18.5 Å². The summed E-state index contributed by atoms with van der Waals surface area (Å²) < 4.78 is 24.4. The van der Waals surface area contributed by atoms with Gasteiger partial charge in [-0.1, -0.05) is 0 Å². The topological polar surface area (TPSA) is 50.2 Å². The van der Waals surface area contributed by atoms with Gasteiger partial charge in [0, 0.05) is 11.8 Å². The lowest BCUT2D eigenvalue weighted by atomic mass is 10.1. The summed E-state index contributed by atoms with van der Waals surface area (Å²) in [5.41, 5.74) is -0.812. The van der Waals surface area contributed by atoms with Crippen molar-refractivity contribution in [2.24, 2.45) is 0 Å². The average molecular weight is 222 g/mol. The van der Waals surface area contributed by atoms with Gasteiger partial charge in [0.1, 0.15) is 11.4 Å². The molecule has 0 unspecified atom stereocenters. The van der Waals surface area contributed by atoms with Gasteiger partial charge in [0.25, 0.3) is 11.7 Å². The van der Waals surface area contributed by atoms with Crippen LogP contribution in [-0.4, -0.2) is 15.3 Å². The normalized spacial score (nSPS) is 10.6. The van der Waals surface area contributed by atoms with E-state index in [0.29, 0.717) is 0 Å². The zero-order chi connectivity index (χ0) is 10.9. The summed E-state index contributed by atoms with van der Waals surface area (Å²) in [6.07, 6.45) is -1.96. The molecule has 1 heterocycles. The van der Waals surface area contributed by atoms with Crippen LogP contribution in [0.5, 0.6) is 5.75 Å². The maximum absolute atomic E-state index is 12.2. The molecule has 0 aliphatic heterocycles. The fourth-order valence-electron chi connectivity index (χ4n) is 0.970. The zero-order valence-electron chi connectivity index (χ0n) is 7.09. The van der Waals surface area contributed by atoms with Crippen molar-refractivity contribution in [1.82, 2.24) is 4.98 Å². The summed E-state index contributed by atoms with van der Waals surface area (Å²) in [6.45, 7) is 1.32. The molecule has 76 valence electrons. The van der Waals surface area contributed by atoms with Crippen LogP contribution in [0.4, 0.5) is 8.78 Å². The standard InChI is InChI=1S/C8H6ClF2NO2/c1-3-4(7(9)14)2-12-5(6(3)13)8(10)11/h2,8,13H,1H3. The van der Waals surface area contributed by atoms with E-state index in [-0.39, 0.29) is 11.1 Å². The summed E-state index contributed by atoms with van der Waals surface area (Å²) >= 11 is 5.13. The molecular weight excluding hydrogens is 216 g/mol. The number of carbonyl (C=O) groups is 1. The lowest BCUT2D eigenvalue weighted by Gasteiger charge is -2.07. The number of alkyl halides is 2. The first kappa shape index (κ1) is 10.8.